The van der Waals surface area contributed by atoms with Gasteiger partial charge in [-0.3, -0.25) is 19.5 Å². The fourth-order valence-electron chi connectivity index (χ4n) is 4.01. The van der Waals surface area contributed by atoms with Crippen molar-refractivity contribution < 1.29 is 4.79 Å². The first-order valence-corrected chi connectivity index (χ1v) is 8.97. The minimum atomic E-state index is -0.284. The van der Waals surface area contributed by atoms with Crippen molar-refractivity contribution in [2.45, 2.75) is 64.3 Å². The van der Waals surface area contributed by atoms with Crippen LogP contribution in [0.2, 0.25) is 0 Å². The highest BCUT2D eigenvalue weighted by atomic mass is 16.1. The van der Waals surface area contributed by atoms with E-state index in [0.29, 0.717) is 17.8 Å². The zero-order valence-electron chi connectivity index (χ0n) is 14.9. The van der Waals surface area contributed by atoms with Crippen molar-refractivity contribution in [3.05, 3.63) is 46.1 Å². The van der Waals surface area contributed by atoms with Gasteiger partial charge < -0.3 is 0 Å². The minimum Gasteiger partial charge on any atom is -0.299 e. The summed E-state index contributed by atoms with van der Waals surface area (Å²) < 4.78 is 0. The largest absolute Gasteiger partial charge is 0.299 e. The Bertz CT molecular complexity index is 815. The second-order valence-corrected chi connectivity index (χ2v) is 7.75. The van der Waals surface area contributed by atoms with E-state index in [-0.39, 0.29) is 17.2 Å². The van der Waals surface area contributed by atoms with Crippen LogP contribution in [-0.4, -0.2) is 17.0 Å². The van der Waals surface area contributed by atoms with E-state index in [1.165, 1.54) is 6.42 Å². The zero-order valence-corrected chi connectivity index (χ0v) is 14.9. The maximum Gasteiger partial charge on any atom is 0.195 e. The summed E-state index contributed by atoms with van der Waals surface area (Å²) in [7, 11) is 0. The van der Waals surface area contributed by atoms with Crippen LogP contribution in [-0.2, 0) is 11.2 Å². The van der Waals surface area contributed by atoms with E-state index in [9.17, 15) is 4.79 Å². The van der Waals surface area contributed by atoms with Gasteiger partial charge in [-0.15, -0.1) is 0 Å². The van der Waals surface area contributed by atoms with E-state index in [4.69, 9.17) is 18.1 Å². The molecule has 0 unspecified atom stereocenters. The van der Waals surface area contributed by atoms with Gasteiger partial charge in [0, 0.05) is 18.1 Å². The number of hydrogen-bond donors (Lipinski definition) is 0. The van der Waals surface area contributed by atoms with Crippen molar-refractivity contribution in [3.8, 4) is 0 Å². The zero-order chi connectivity index (χ0) is 18.0. The molecule has 0 spiro atoms. The summed E-state index contributed by atoms with van der Waals surface area (Å²) >= 11 is 0. The molecule has 1 heterocycles. The van der Waals surface area contributed by atoms with Crippen molar-refractivity contribution in [2.24, 2.45) is 10.9 Å². The Kier molecular flexibility index (Phi) is 4.73. The van der Waals surface area contributed by atoms with E-state index >= 15 is 0 Å². The minimum absolute atomic E-state index is 0.160. The van der Waals surface area contributed by atoms with Crippen LogP contribution in [0.5, 0.6) is 0 Å². The monoisotopic (exact) mass is 333 g/mol. The van der Waals surface area contributed by atoms with E-state index in [1.54, 1.807) is 6.07 Å². The third-order valence-electron chi connectivity index (χ3n) is 5.22. The van der Waals surface area contributed by atoms with Crippen LogP contribution in [0.25, 0.3) is 9.69 Å². The second-order valence-electron chi connectivity index (χ2n) is 7.75. The quantitative estimate of drug-likeness (QED) is 0.678. The number of benzene rings is 1. The Labute approximate surface area is 149 Å². The van der Waals surface area contributed by atoms with Crippen LogP contribution in [0.1, 0.15) is 63.5 Å². The van der Waals surface area contributed by atoms with Gasteiger partial charge in [-0.1, -0.05) is 31.4 Å². The van der Waals surface area contributed by atoms with Gasteiger partial charge in [-0.05, 0) is 44.2 Å². The van der Waals surface area contributed by atoms with Gasteiger partial charge in [0.25, 0.3) is 0 Å². The summed E-state index contributed by atoms with van der Waals surface area (Å²) in [5.74, 6) is 0.438. The maximum absolute atomic E-state index is 12.8. The molecule has 0 atom stereocenters. The molecule has 4 heteroatoms. The number of fused-ring (bicyclic) bond motifs is 1. The molecule has 1 aromatic carbocycles. The van der Waals surface area contributed by atoms with Crippen LogP contribution in [0.15, 0.2) is 17.1 Å². The Balaban J connectivity index is 1.96. The molecule has 3 rings (SSSR count). The van der Waals surface area contributed by atoms with Gasteiger partial charge >= 0.3 is 0 Å². The van der Waals surface area contributed by atoms with E-state index in [2.05, 4.69) is 23.5 Å². The molecule has 0 amide bonds. The molecular formula is C21H23N3O. The van der Waals surface area contributed by atoms with Crippen molar-refractivity contribution in [1.82, 2.24) is 0 Å². The summed E-state index contributed by atoms with van der Waals surface area (Å²) in [6, 6.07) is 3.58. The lowest BCUT2D eigenvalue weighted by molar-refractivity contribution is -0.122. The molecule has 0 saturated heterocycles. The predicted octanol–water partition coefficient (Wildman–Crippen LogP) is 5.45. The summed E-state index contributed by atoms with van der Waals surface area (Å²) in [6.45, 7) is 18.7. The fourth-order valence-corrected chi connectivity index (χ4v) is 4.01. The van der Waals surface area contributed by atoms with Crippen molar-refractivity contribution in [1.29, 1.82) is 0 Å². The maximum atomic E-state index is 12.8. The molecule has 0 bridgehead atoms. The SMILES string of the molecule is [C-]#[N+]c1cc2c(cc1[N+]#[C-])C(CC(=O)C1CCCCC1)=NC(C)(C)C2. The average molecular weight is 333 g/mol. The summed E-state index contributed by atoms with van der Waals surface area (Å²) in [5, 5.41) is 0. The fraction of sp³-hybridized carbons (Fsp3) is 0.524. The lowest BCUT2D eigenvalue weighted by Crippen LogP contribution is -2.31. The first-order valence-electron chi connectivity index (χ1n) is 8.97. The van der Waals surface area contributed by atoms with E-state index in [1.807, 2.05) is 6.07 Å². The Morgan fingerprint density at radius 1 is 1.16 bits per heavy atom. The van der Waals surface area contributed by atoms with Crippen LogP contribution >= 0.6 is 0 Å². The number of nitrogens with zero attached hydrogens (tertiary/aromatic N) is 3. The highest BCUT2D eigenvalue weighted by molar-refractivity contribution is 6.13. The van der Waals surface area contributed by atoms with Crippen LogP contribution in [0.4, 0.5) is 11.4 Å². The summed E-state index contributed by atoms with van der Waals surface area (Å²) in [5.41, 5.74) is 3.18. The normalized spacial score (nSPS) is 19.3. The molecule has 0 radical (unpaired) electrons. The average Bonchev–Trinajstić information content (AvgIpc) is 2.60. The highest BCUT2D eigenvalue weighted by Gasteiger charge is 2.30. The second kappa shape index (κ2) is 6.81. The number of carbonyl (C=O) groups is 1. The molecule has 2 aliphatic rings. The Hall–Kier alpha value is -2.46. The van der Waals surface area contributed by atoms with Gasteiger partial charge in [-0.25, -0.2) is 0 Å². The number of carbonyl (C=O) groups excluding carboxylic acids is 1. The molecule has 1 aliphatic carbocycles. The molecule has 1 saturated carbocycles. The van der Waals surface area contributed by atoms with Crippen LogP contribution in [0.3, 0.4) is 0 Å². The van der Waals surface area contributed by atoms with Crippen LogP contribution in [0, 0.1) is 19.1 Å². The first kappa shape index (κ1) is 17.4. The molecule has 1 aliphatic heterocycles. The third-order valence-corrected chi connectivity index (χ3v) is 5.22. The molecular weight excluding hydrogens is 310 g/mol. The highest BCUT2D eigenvalue weighted by Crippen LogP contribution is 2.37. The third kappa shape index (κ3) is 3.64. The van der Waals surface area contributed by atoms with Crippen molar-refractivity contribution >= 4 is 22.9 Å². The number of aliphatic imine (C=N–C) groups is 1. The number of Topliss-reactive ketones (excluding diaryl/α,β-unsaturated/α-hetero) is 1. The first-order chi connectivity index (χ1) is 11.9. The van der Waals surface area contributed by atoms with Crippen LogP contribution < -0.4 is 0 Å². The van der Waals surface area contributed by atoms with Crippen molar-refractivity contribution in [2.75, 3.05) is 0 Å². The Morgan fingerprint density at radius 2 is 1.80 bits per heavy atom. The standard InChI is InChI=1S/C21H23N3O/c1-21(2)13-15-10-18(22-3)19(23-4)11-16(15)17(24-21)12-20(25)14-8-6-5-7-9-14/h10-11,14H,5-9,12-13H2,1-2H3. The van der Waals surface area contributed by atoms with Gasteiger partial charge in [0.15, 0.2) is 11.4 Å². The predicted molar refractivity (Wildman–Crippen MR) is 99.5 cm³/mol. The molecule has 25 heavy (non-hydrogen) atoms. The van der Waals surface area contributed by atoms with Gasteiger partial charge in [0.05, 0.1) is 18.7 Å². The summed E-state index contributed by atoms with van der Waals surface area (Å²) in [6.07, 6.45) is 6.57. The molecule has 1 fully saturated rings. The smallest absolute Gasteiger partial charge is 0.195 e. The lowest BCUT2D eigenvalue weighted by atomic mass is 9.81. The molecule has 0 aromatic heterocycles. The molecule has 4 nitrogen and oxygen atoms in total. The molecule has 0 N–H and O–H groups in total. The van der Waals surface area contributed by atoms with E-state index < -0.39 is 0 Å². The van der Waals surface area contributed by atoms with Gasteiger partial charge in [-0.2, -0.15) is 0 Å². The molecule has 1 aromatic rings. The number of rotatable bonds is 3. The molecule has 128 valence electrons. The summed E-state index contributed by atoms with van der Waals surface area (Å²) in [4.78, 5) is 24.6. The van der Waals surface area contributed by atoms with E-state index in [0.717, 1.165) is 48.9 Å². The number of ketones is 1. The topological polar surface area (TPSA) is 38.1 Å². The van der Waals surface area contributed by atoms with Gasteiger partial charge in [0.1, 0.15) is 5.78 Å². The number of hydrogen-bond acceptors (Lipinski definition) is 2. The van der Waals surface area contributed by atoms with Crippen molar-refractivity contribution in [3.63, 3.8) is 0 Å². The van der Waals surface area contributed by atoms with Gasteiger partial charge in [0.2, 0.25) is 0 Å². The lowest BCUT2D eigenvalue weighted by Gasteiger charge is -2.30. The Morgan fingerprint density at radius 3 is 2.44 bits per heavy atom.